The van der Waals surface area contributed by atoms with Crippen molar-refractivity contribution in [1.29, 1.82) is 0 Å². The molecule has 3 aromatic rings. The molecule has 14 nitrogen and oxygen atoms in total. The van der Waals surface area contributed by atoms with Gasteiger partial charge in [-0.3, -0.25) is 4.79 Å². The Kier molecular flexibility index (Phi) is 6.81. The van der Waals surface area contributed by atoms with Gasteiger partial charge < -0.3 is 54.0 Å². The van der Waals surface area contributed by atoms with Crippen LogP contribution in [-0.2, 0) is 9.62 Å². The summed E-state index contributed by atoms with van der Waals surface area (Å²) >= 11 is 0. The highest BCUT2D eigenvalue weighted by Crippen LogP contribution is 2.44. The van der Waals surface area contributed by atoms with Gasteiger partial charge in [0.15, 0.2) is 17.3 Å². The van der Waals surface area contributed by atoms with E-state index in [2.05, 4.69) is 4.89 Å². The number of fused-ring (bicyclic) bond motifs is 1. The summed E-state index contributed by atoms with van der Waals surface area (Å²) in [6, 6.07) is 4.46. The first kappa shape index (κ1) is 25.3. The monoisotopic (exact) mass is 510 g/mol. The number of ether oxygens (including phenoxy) is 4. The largest absolute Gasteiger partial charge is 0.508 e. The van der Waals surface area contributed by atoms with Gasteiger partial charge in [-0.05, 0) is 12.1 Å². The summed E-state index contributed by atoms with van der Waals surface area (Å²) in [7, 11) is 2.52. The Hall–Kier alpha value is -3.79. The van der Waals surface area contributed by atoms with Crippen molar-refractivity contribution < 1.29 is 64.1 Å². The van der Waals surface area contributed by atoms with Gasteiger partial charge in [-0.1, -0.05) is 0 Å². The van der Waals surface area contributed by atoms with Crippen LogP contribution >= 0.6 is 0 Å². The Morgan fingerprint density at radius 1 is 0.861 bits per heavy atom. The van der Waals surface area contributed by atoms with E-state index >= 15 is 0 Å². The molecule has 0 radical (unpaired) electrons. The standard InChI is InChI=1S/C22H22O14/c1-31-11-3-7(4-12(32-2)14(11)25)19-20(15(26)13-9(24)5-8(23)6-10(13)33-19)34-21-17(28)16(27)18(29)22(35-21)36-30/h3-6,16-18,21-25,27-30H,1-2H3/t16-,17-,18+,21+,22-/m1/s1. The summed E-state index contributed by atoms with van der Waals surface area (Å²) in [6.07, 6.45) is -9.47. The molecule has 194 valence electrons. The molecule has 7 N–H and O–H groups in total. The molecule has 4 rings (SSSR count). The maximum atomic E-state index is 13.4. The number of methoxy groups -OCH3 is 2. The zero-order chi connectivity index (χ0) is 26.3. The molecule has 2 heterocycles. The highest BCUT2D eigenvalue weighted by Gasteiger charge is 2.46. The minimum absolute atomic E-state index is 0.0409. The fraction of sp³-hybridized carbons (Fsp3) is 0.318. The Morgan fingerprint density at radius 2 is 1.47 bits per heavy atom. The predicted molar refractivity (Wildman–Crippen MR) is 117 cm³/mol. The molecule has 0 saturated carbocycles. The molecule has 0 spiro atoms. The second kappa shape index (κ2) is 9.69. The molecule has 2 aromatic carbocycles. The molecule has 36 heavy (non-hydrogen) atoms. The third-order valence-electron chi connectivity index (χ3n) is 5.52. The van der Waals surface area contributed by atoms with E-state index in [0.717, 1.165) is 12.1 Å². The first-order chi connectivity index (χ1) is 17.1. The van der Waals surface area contributed by atoms with E-state index < -0.39 is 59.0 Å². The number of aliphatic hydroxyl groups excluding tert-OH is 3. The zero-order valence-electron chi connectivity index (χ0n) is 18.7. The van der Waals surface area contributed by atoms with Gasteiger partial charge in [0.05, 0.1) is 14.2 Å². The lowest BCUT2D eigenvalue weighted by Gasteiger charge is -2.38. The summed E-state index contributed by atoms with van der Waals surface area (Å²) in [6.45, 7) is 0. The summed E-state index contributed by atoms with van der Waals surface area (Å²) < 4.78 is 26.7. The third-order valence-corrected chi connectivity index (χ3v) is 5.52. The lowest BCUT2D eigenvalue weighted by atomic mass is 10.0. The van der Waals surface area contributed by atoms with Crippen molar-refractivity contribution in [2.45, 2.75) is 30.9 Å². The first-order valence-corrected chi connectivity index (χ1v) is 10.3. The highest BCUT2D eigenvalue weighted by molar-refractivity contribution is 5.88. The summed E-state index contributed by atoms with van der Waals surface area (Å²) in [5.74, 6) is -2.63. The van der Waals surface area contributed by atoms with E-state index in [-0.39, 0.29) is 34.2 Å². The predicted octanol–water partition coefficient (Wildman–Crippen LogP) is 0.228. The van der Waals surface area contributed by atoms with Gasteiger partial charge in [0.1, 0.15) is 40.8 Å². The van der Waals surface area contributed by atoms with E-state index in [1.165, 1.54) is 26.4 Å². The van der Waals surface area contributed by atoms with Crippen LogP contribution in [0, 0.1) is 0 Å². The molecule has 0 bridgehead atoms. The molecule has 1 aliphatic rings. The van der Waals surface area contributed by atoms with Crippen LogP contribution in [0.1, 0.15) is 0 Å². The molecule has 1 aliphatic heterocycles. The van der Waals surface area contributed by atoms with Crippen molar-refractivity contribution >= 4 is 11.0 Å². The fourth-order valence-electron chi connectivity index (χ4n) is 3.71. The lowest BCUT2D eigenvalue weighted by molar-refractivity contribution is -0.420. The van der Waals surface area contributed by atoms with Gasteiger partial charge in [0.25, 0.3) is 0 Å². The summed E-state index contributed by atoms with van der Waals surface area (Å²) in [5.41, 5.74) is -1.21. The van der Waals surface area contributed by atoms with Crippen molar-refractivity contribution in [3.8, 4) is 45.8 Å². The summed E-state index contributed by atoms with van der Waals surface area (Å²) in [4.78, 5) is 17.4. The molecule has 5 atom stereocenters. The minimum atomic E-state index is -1.94. The van der Waals surface area contributed by atoms with Crippen LogP contribution in [0.2, 0.25) is 0 Å². The SMILES string of the molecule is COc1cc(-c2oc3cc(O)cc(O)c3c(=O)c2O[C@H]2O[C@H](OO)[C@@H](O)[C@H](O)[C@H]2O)cc(OC)c1O. The molecule has 0 unspecified atom stereocenters. The van der Waals surface area contributed by atoms with Crippen LogP contribution in [-0.4, -0.2) is 81.0 Å². The van der Waals surface area contributed by atoms with Crippen molar-refractivity contribution in [2.24, 2.45) is 0 Å². The van der Waals surface area contributed by atoms with Crippen molar-refractivity contribution in [1.82, 2.24) is 0 Å². The van der Waals surface area contributed by atoms with Gasteiger partial charge >= 0.3 is 0 Å². The number of benzene rings is 2. The van der Waals surface area contributed by atoms with Crippen molar-refractivity contribution in [3.63, 3.8) is 0 Å². The van der Waals surface area contributed by atoms with Crippen LogP contribution in [0.5, 0.6) is 34.5 Å². The van der Waals surface area contributed by atoms with Crippen molar-refractivity contribution in [3.05, 3.63) is 34.5 Å². The molecule has 1 saturated heterocycles. The Bertz CT molecular complexity index is 1310. The Balaban J connectivity index is 1.96. The second-order valence-corrected chi connectivity index (χ2v) is 7.72. The van der Waals surface area contributed by atoms with Crippen LogP contribution in [0.25, 0.3) is 22.3 Å². The van der Waals surface area contributed by atoms with Crippen LogP contribution in [0.4, 0.5) is 0 Å². The minimum Gasteiger partial charge on any atom is -0.508 e. The van der Waals surface area contributed by atoms with E-state index in [1.807, 2.05) is 0 Å². The van der Waals surface area contributed by atoms with E-state index in [1.54, 1.807) is 0 Å². The Morgan fingerprint density at radius 3 is 2.06 bits per heavy atom. The highest BCUT2D eigenvalue weighted by atomic mass is 17.1. The quantitative estimate of drug-likeness (QED) is 0.174. The van der Waals surface area contributed by atoms with Gasteiger partial charge in [-0.2, -0.15) is 0 Å². The maximum Gasteiger partial charge on any atom is 0.239 e. The number of aliphatic hydroxyl groups is 3. The number of hydrogen-bond acceptors (Lipinski definition) is 14. The smallest absolute Gasteiger partial charge is 0.239 e. The van der Waals surface area contributed by atoms with E-state index in [9.17, 15) is 35.4 Å². The number of phenolic OH excluding ortho intramolecular Hbond substituents is 3. The molecule has 1 fully saturated rings. The van der Waals surface area contributed by atoms with Gasteiger partial charge in [0.2, 0.25) is 29.5 Å². The average molecular weight is 510 g/mol. The molecule has 0 aliphatic carbocycles. The lowest BCUT2D eigenvalue weighted by Crippen LogP contribution is -2.59. The summed E-state index contributed by atoms with van der Waals surface area (Å²) in [5, 5.41) is 69.2. The topological polar surface area (TPSA) is 218 Å². The molecule has 1 aromatic heterocycles. The average Bonchev–Trinajstić information content (AvgIpc) is 2.85. The molecule has 0 amide bonds. The van der Waals surface area contributed by atoms with E-state index in [0.29, 0.717) is 0 Å². The van der Waals surface area contributed by atoms with Crippen LogP contribution in [0.3, 0.4) is 0 Å². The first-order valence-electron chi connectivity index (χ1n) is 10.3. The molecular formula is C22H22O14. The van der Waals surface area contributed by atoms with Crippen LogP contribution in [0.15, 0.2) is 33.5 Å². The Labute approximate surface area is 201 Å². The second-order valence-electron chi connectivity index (χ2n) is 7.72. The zero-order valence-corrected chi connectivity index (χ0v) is 18.7. The van der Waals surface area contributed by atoms with E-state index in [4.69, 9.17) is 28.6 Å². The van der Waals surface area contributed by atoms with Crippen LogP contribution < -0.4 is 19.6 Å². The normalized spacial score (nSPS) is 24.0. The van der Waals surface area contributed by atoms with Crippen molar-refractivity contribution in [2.75, 3.05) is 14.2 Å². The number of aromatic hydroxyl groups is 3. The number of hydrogen-bond donors (Lipinski definition) is 7. The van der Waals surface area contributed by atoms with Gasteiger partial charge in [0, 0.05) is 17.7 Å². The third kappa shape index (κ3) is 4.21. The van der Waals surface area contributed by atoms with Gasteiger partial charge in [-0.15, -0.1) is 0 Å². The van der Waals surface area contributed by atoms with Gasteiger partial charge in [-0.25, -0.2) is 10.1 Å². The fourth-order valence-corrected chi connectivity index (χ4v) is 3.71. The number of phenols is 3. The maximum absolute atomic E-state index is 13.4. The number of rotatable bonds is 6. The molecular weight excluding hydrogens is 488 g/mol. The molecule has 14 heteroatoms.